The topological polar surface area (TPSA) is 117 Å². The molecule has 0 spiro atoms. The number of anilines is 2. The average Bonchev–Trinajstić information content (AvgIpc) is 3.41. The number of halogens is 1. The average molecular weight is 598 g/mol. The summed E-state index contributed by atoms with van der Waals surface area (Å²) in [7, 11) is 0. The number of nitrogens with zero attached hydrogens (tertiary/aromatic N) is 6. The maximum absolute atomic E-state index is 9.86. The van der Waals surface area contributed by atoms with E-state index < -0.39 is 0 Å². The van der Waals surface area contributed by atoms with Gasteiger partial charge in [0.05, 0.1) is 41.2 Å². The van der Waals surface area contributed by atoms with Gasteiger partial charge in [-0.1, -0.05) is 38.1 Å². The van der Waals surface area contributed by atoms with Crippen molar-refractivity contribution in [3.05, 3.63) is 82.5 Å². The number of oxazole rings is 1. The summed E-state index contributed by atoms with van der Waals surface area (Å²) < 4.78 is 8.34. The lowest BCUT2D eigenvalue weighted by Crippen LogP contribution is -2.20. The summed E-state index contributed by atoms with van der Waals surface area (Å²) in [5.41, 5.74) is 5.61. The van der Waals surface area contributed by atoms with Gasteiger partial charge in [-0.05, 0) is 64.0 Å². The molecule has 2 aromatic carbocycles. The van der Waals surface area contributed by atoms with Gasteiger partial charge in [0.15, 0.2) is 0 Å². The third-order valence-corrected chi connectivity index (χ3v) is 7.40. The standard InChI is InChI=1S/C30H29BrN8O/c1-30(2,3)17-35-26-20(14-32)15-34-28-23(26)12-21(13-24(28)31)36-27(25-16-39(38-37-25)22-7-8-22)18-5-4-6-19(11-18)29-33-9-10-40-29/h4-6,9-13,15-16,22,27,36H,7-8,17H2,1-3H3,(H,34,35). The molecule has 3 heterocycles. The summed E-state index contributed by atoms with van der Waals surface area (Å²) >= 11 is 3.72. The highest BCUT2D eigenvalue weighted by atomic mass is 79.9. The summed E-state index contributed by atoms with van der Waals surface area (Å²) in [6.07, 6.45) is 9.10. The van der Waals surface area contributed by atoms with Crippen molar-refractivity contribution in [1.82, 2.24) is 25.0 Å². The van der Waals surface area contributed by atoms with Crippen molar-refractivity contribution in [2.45, 2.75) is 45.7 Å². The second-order valence-corrected chi connectivity index (χ2v) is 12.2. The van der Waals surface area contributed by atoms with Crippen molar-refractivity contribution in [2.24, 2.45) is 5.41 Å². The highest BCUT2D eigenvalue weighted by Gasteiger charge is 2.27. The van der Waals surface area contributed by atoms with Gasteiger partial charge in [-0.2, -0.15) is 5.26 Å². The Labute approximate surface area is 240 Å². The number of hydrogen-bond acceptors (Lipinski definition) is 8. The first-order valence-electron chi connectivity index (χ1n) is 13.2. The molecule has 40 heavy (non-hydrogen) atoms. The fourth-order valence-electron chi connectivity index (χ4n) is 4.62. The van der Waals surface area contributed by atoms with Gasteiger partial charge in [-0.3, -0.25) is 4.98 Å². The van der Waals surface area contributed by atoms with E-state index in [1.165, 1.54) is 0 Å². The molecule has 0 aliphatic heterocycles. The summed E-state index contributed by atoms with van der Waals surface area (Å²) in [6, 6.07) is 14.5. The van der Waals surface area contributed by atoms with Gasteiger partial charge in [0.2, 0.25) is 5.89 Å². The lowest BCUT2D eigenvalue weighted by atomic mass is 9.96. The summed E-state index contributed by atoms with van der Waals surface area (Å²) in [4.78, 5) is 8.90. The Morgan fingerprint density at radius 1 is 1.20 bits per heavy atom. The zero-order valence-corrected chi connectivity index (χ0v) is 24.1. The first-order chi connectivity index (χ1) is 19.3. The fourth-order valence-corrected chi connectivity index (χ4v) is 5.19. The van der Waals surface area contributed by atoms with Gasteiger partial charge in [-0.15, -0.1) is 5.10 Å². The molecule has 0 amide bonds. The quantitative estimate of drug-likeness (QED) is 0.194. The van der Waals surface area contributed by atoms with E-state index in [0.717, 1.165) is 56.4 Å². The van der Waals surface area contributed by atoms with Gasteiger partial charge >= 0.3 is 0 Å². The van der Waals surface area contributed by atoms with Crippen LogP contribution in [0.25, 0.3) is 22.4 Å². The monoisotopic (exact) mass is 596 g/mol. The van der Waals surface area contributed by atoms with Gasteiger partial charge in [0.25, 0.3) is 0 Å². The Hall–Kier alpha value is -4.23. The Morgan fingerprint density at radius 3 is 2.77 bits per heavy atom. The summed E-state index contributed by atoms with van der Waals surface area (Å²) in [5, 5.41) is 26.9. The van der Waals surface area contributed by atoms with E-state index in [0.29, 0.717) is 24.0 Å². The number of nitriles is 1. The normalized spacial score (nSPS) is 14.2. The van der Waals surface area contributed by atoms with Crippen LogP contribution < -0.4 is 10.6 Å². The third kappa shape index (κ3) is 5.42. The van der Waals surface area contributed by atoms with Crippen LogP contribution in [0, 0.1) is 16.7 Å². The second-order valence-electron chi connectivity index (χ2n) is 11.3. The van der Waals surface area contributed by atoms with Crippen molar-refractivity contribution in [1.29, 1.82) is 5.26 Å². The van der Waals surface area contributed by atoms with Crippen LogP contribution in [0.4, 0.5) is 11.4 Å². The molecule has 1 aliphatic carbocycles. The lowest BCUT2D eigenvalue weighted by molar-refractivity contribution is 0.443. The summed E-state index contributed by atoms with van der Waals surface area (Å²) in [6.45, 7) is 7.18. The fraction of sp³-hybridized carbons (Fsp3) is 0.300. The predicted octanol–water partition coefficient (Wildman–Crippen LogP) is 7.11. The zero-order chi connectivity index (χ0) is 27.9. The second kappa shape index (κ2) is 10.4. The minimum absolute atomic E-state index is 0.0295. The molecule has 202 valence electrons. The van der Waals surface area contributed by atoms with Gasteiger partial charge < -0.3 is 15.1 Å². The van der Waals surface area contributed by atoms with Crippen LogP contribution in [-0.4, -0.2) is 31.5 Å². The third-order valence-electron chi connectivity index (χ3n) is 6.80. The van der Waals surface area contributed by atoms with E-state index in [4.69, 9.17) is 4.42 Å². The van der Waals surface area contributed by atoms with E-state index in [-0.39, 0.29) is 11.5 Å². The molecule has 1 atom stereocenters. The molecular formula is C30H29BrN8O. The summed E-state index contributed by atoms with van der Waals surface area (Å²) in [5.74, 6) is 0.556. The molecule has 0 bridgehead atoms. The maximum atomic E-state index is 9.86. The van der Waals surface area contributed by atoms with Gasteiger partial charge in [-0.25, -0.2) is 9.67 Å². The SMILES string of the molecule is CC(C)(C)CNc1c(C#N)cnc2c(Br)cc(NC(c3cccc(-c4ncco4)c3)c3cn(C4CC4)nn3)cc12. The van der Waals surface area contributed by atoms with E-state index in [1.54, 1.807) is 18.7 Å². The van der Waals surface area contributed by atoms with Crippen LogP contribution in [0.2, 0.25) is 0 Å². The van der Waals surface area contributed by atoms with Crippen molar-refractivity contribution in [2.75, 3.05) is 17.2 Å². The lowest BCUT2D eigenvalue weighted by Gasteiger charge is -2.22. The van der Waals surface area contributed by atoms with E-state index >= 15 is 0 Å². The Balaban J connectivity index is 1.43. The molecule has 1 saturated carbocycles. The highest BCUT2D eigenvalue weighted by molar-refractivity contribution is 9.10. The van der Waals surface area contributed by atoms with Crippen molar-refractivity contribution >= 4 is 38.2 Å². The minimum Gasteiger partial charge on any atom is -0.445 e. The van der Waals surface area contributed by atoms with Crippen molar-refractivity contribution < 1.29 is 4.42 Å². The van der Waals surface area contributed by atoms with Crippen LogP contribution in [0.1, 0.15) is 62.5 Å². The maximum Gasteiger partial charge on any atom is 0.225 e. The molecule has 3 aromatic heterocycles. The number of rotatable bonds is 8. The number of hydrogen-bond donors (Lipinski definition) is 2. The van der Waals surface area contributed by atoms with Crippen molar-refractivity contribution in [3.63, 3.8) is 0 Å². The molecule has 10 heteroatoms. The number of aromatic nitrogens is 5. The first-order valence-corrected chi connectivity index (χ1v) is 14.0. The zero-order valence-electron chi connectivity index (χ0n) is 22.5. The predicted molar refractivity (Wildman–Crippen MR) is 158 cm³/mol. The molecule has 0 saturated heterocycles. The molecular weight excluding hydrogens is 568 g/mol. The molecule has 2 N–H and O–H groups in total. The van der Waals surface area contributed by atoms with Crippen LogP contribution >= 0.6 is 15.9 Å². The van der Waals surface area contributed by atoms with E-state index in [1.807, 2.05) is 35.1 Å². The van der Waals surface area contributed by atoms with Crippen LogP contribution in [0.5, 0.6) is 0 Å². The van der Waals surface area contributed by atoms with Gasteiger partial charge in [0, 0.05) is 33.9 Å². The number of benzene rings is 2. The smallest absolute Gasteiger partial charge is 0.225 e. The molecule has 9 nitrogen and oxygen atoms in total. The van der Waals surface area contributed by atoms with Crippen LogP contribution in [0.3, 0.4) is 0 Å². The molecule has 1 unspecified atom stereocenters. The Kier molecular flexibility index (Phi) is 6.76. The van der Waals surface area contributed by atoms with Crippen LogP contribution in [0.15, 0.2) is 70.1 Å². The molecule has 1 aliphatic rings. The molecule has 1 fully saturated rings. The Morgan fingerprint density at radius 2 is 2.05 bits per heavy atom. The number of pyridine rings is 1. The number of fused-ring (bicyclic) bond motifs is 1. The minimum atomic E-state index is -0.301. The molecule has 5 aromatic rings. The molecule has 6 rings (SSSR count). The van der Waals surface area contributed by atoms with Crippen LogP contribution in [-0.2, 0) is 0 Å². The number of nitrogens with one attached hydrogen (secondary N) is 2. The van der Waals surface area contributed by atoms with Crippen molar-refractivity contribution in [3.8, 4) is 17.5 Å². The Bertz CT molecular complexity index is 1710. The van der Waals surface area contributed by atoms with E-state index in [2.05, 4.69) is 85.8 Å². The largest absolute Gasteiger partial charge is 0.445 e. The molecule has 0 radical (unpaired) electrons. The first kappa shape index (κ1) is 26.0. The van der Waals surface area contributed by atoms with E-state index in [9.17, 15) is 5.26 Å². The highest BCUT2D eigenvalue weighted by Crippen LogP contribution is 2.38. The van der Waals surface area contributed by atoms with Gasteiger partial charge in [0.1, 0.15) is 18.0 Å².